The second-order valence-corrected chi connectivity index (χ2v) is 11.0. The van der Waals surface area contributed by atoms with Gasteiger partial charge in [-0.3, -0.25) is 0 Å². The van der Waals surface area contributed by atoms with Crippen molar-refractivity contribution < 1.29 is 20.1 Å². The van der Waals surface area contributed by atoms with E-state index >= 15 is 0 Å². The van der Waals surface area contributed by atoms with Gasteiger partial charge in [-0.25, -0.2) is 9.97 Å². The Hall–Kier alpha value is -3.65. The van der Waals surface area contributed by atoms with E-state index in [0.717, 1.165) is 22.4 Å². The van der Waals surface area contributed by atoms with E-state index in [9.17, 15) is 0 Å². The topological polar surface area (TPSA) is 25.8 Å². The molecule has 0 spiro atoms. The summed E-state index contributed by atoms with van der Waals surface area (Å²) in [4.78, 5) is 9.82. The fourth-order valence-electron chi connectivity index (χ4n) is 5.48. The third kappa shape index (κ3) is 5.75. The van der Waals surface area contributed by atoms with Gasteiger partial charge in [0.05, 0.1) is 22.4 Å². The van der Waals surface area contributed by atoms with Crippen molar-refractivity contribution in [2.45, 2.75) is 55.4 Å². The number of nitrogens with zero attached hydrogens (tertiary/aromatic N) is 2. The Labute approximate surface area is 258 Å². The van der Waals surface area contributed by atoms with Gasteiger partial charge in [-0.15, -0.1) is 0 Å². The summed E-state index contributed by atoms with van der Waals surface area (Å²) in [6.45, 7) is 17.4. The molecule has 2 nitrogen and oxygen atoms in total. The smallest absolute Gasteiger partial charge is 0.247 e. The summed E-state index contributed by atoms with van der Waals surface area (Å²) in [5, 5.41) is 2.50. The standard InChI is InChI=1S/2C19H19N.Ir/c2*1-12-8-7-10-17(13(12)2)19-15(4)14(3)16-9-5-6-11-18(16)20-19;/h2*5-11H,1-4H3;/q;;+3. The van der Waals surface area contributed by atoms with Gasteiger partial charge in [0.25, 0.3) is 0 Å². The fraction of sp³-hybridized carbons (Fsp3) is 0.211. The van der Waals surface area contributed by atoms with Gasteiger partial charge >= 0.3 is 20.1 Å². The SMILES string of the molecule is Cc1cccc(-c2nc3ccccc3c(C)c2C)c1C.Cc1cccc(-c2nc3ccccc3c(C)c2C)c1C.[Ir+3]. The number of hydrogen-bond acceptors (Lipinski definition) is 2. The van der Waals surface area contributed by atoms with Crippen LogP contribution in [0.15, 0.2) is 84.9 Å². The van der Waals surface area contributed by atoms with Crippen LogP contribution in [-0.2, 0) is 20.1 Å². The molecule has 0 aliphatic heterocycles. The van der Waals surface area contributed by atoms with E-state index in [1.165, 1.54) is 66.4 Å². The fourth-order valence-corrected chi connectivity index (χ4v) is 5.48. The molecular weight excluding hydrogens is 677 g/mol. The third-order valence-corrected chi connectivity index (χ3v) is 8.64. The number of aryl methyl sites for hydroxylation is 4. The first-order valence-corrected chi connectivity index (χ1v) is 14.0. The van der Waals surface area contributed by atoms with E-state index in [4.69, 9.17) is 9.97 Å². The molecule has 0 N–H and O–H groups in total. The van der Waals surface area contributed by atoms with E-state index in [1.54, 1.807) is 0 Å². The predicted molar refractivity (Wildman–Crippen MR) is 172 cm³/mol. The average molecular weight is 715 g/mol. The molecule has 206 valence electrons. The molecule has 2 heterocycles. The first-order chi connectivity index (χ1) is 19.2. The Morgan fingerprint density at radius 3 is 1.12 bits per heavy atom. The molecule has 3 heteroatoms. The van der Waals surface area contributed by atoms with Gasteiger partial charge in [-0.2, -0.15) is 0 Å². The third-order valence-electron chi connectivity index (χ3n) is 8.64. The monoisotopic (exact) mass is 715 g/mol. The van der Waals surface area contributed by atoms with Gasteiger partial charge < -0.3 is 0 Å². The normalized spacial score (nSPS) is 10.7. The van der Waals surface area contributed by atoms with Crippen LogP contribution >= 0.6 is 0 Å². The van der Waals surface area contributed by atoms with Crippen molar-refractivity contribution in [3.63, 3.8) is 0 Å². The van der Waals surface area contributed by atoms with Crippen molar-refractivity contribution in [1.82, 2.24) is 9.97 Å². The molecule has 0 amide bonds. The van der Waals surface area contributed by atoms with Crippen molar-refractivity contribution in [2.75, 3.05) is 0 Å². The molecule has 0 bridgehead atoms. The Balaban J connectivity index is 0.000000184. The van der Waals surface area contributed by atoms with Crippen LogP contribution < -0.4 is 0 Å². The Morgan fingerprint density at radius 1 is 0.366 bits per heavy atom. The van der Waals surface area contributed by atoms with Gasteiger partial charge in [-0.1, -0.05) is 72.8 Å². The number of fused-ring (bicyclic) bond motifs is 2. The average Bonchev–Trinajstić information content (AvgIpc) is 2.96. The van der Waals surface area contributed by atoms with Crippen LogP contribution in [-0.4, -0.2) is 9.97 Å². The Morgan fingerprint density at radius 2 is 0.732 bits per heavy atom. The minimum absolute atomic E-state index is 0. The maximum atomic E-state index is 4.91. The quantitative estimate of drug-likeness (QED) is 0.179. The van der Waals surface area contributed by atoms with Gasteiger partial charge in [0.2, 0.25) is 0 Å². The zero-order valence-corrected chi connectivity index (χ0v) is 27.7. The minimum atomic E-state index is 0. The summed E-state index contributed by atoms with van der Waals surface area (Å²) in [5.41, 5.74) is 17.3. The van der Waals surface area contributed by atoms with Crippen LogP contribution in [0.1, 0.15) is 44.5 Å². The molecule has 2 aromatic heterocycles. The number of para-hydroxylation sites is 2. The largest absolute Gasteiger partial charge is 3.00 e. The van der Waals surface area contributed by atoms with Gasteiger partial charge in [0, 0.05) is 21.9 Å². The number of hydrogen-bond donors (Lipinski definition) is 0. The van der Waals surface area contributed by atoms with Crippen molar-refractivity contribution >= 4 is 21.8 Å². The molecule has 0 saturated heterocycles. The van der Waals surface area contributed by atoms with E-state index in [2.05, 4.69) is 140 Å². The summed E-state index contributed by atoms with van der Waals surface area (Å²) < 4.78 is 0. The number of aromatic nitrogens is 2. The summed E-state index contributed by atoms with van der Waals surface area (Å²) in [5.74, 6) is 0. The number of rotatable bonds is 2. The molecule has 0 saturated carbocycles. The summed E-state index contributed by atoms with van der Waals surface area (Å²) in [7, 11) is 0. The molecule has 0 aliphatic carbocycles. The molecule has 0 atom stereocenters. The van der Waals surface area contributed by atoms with Crippen LogP contribution in [0.4, 0.5) is 0 Å². The predicted octanol–water partition coefficient (Wildman–Crippen LogP) is 10.3. The van der Waals surface area contributed by atoms with E-state index < -0.39 is 0 Å². The van der Waals surface area contributed by atoms with E-state index in [1.807, 2.05) is 0 Å². The first-order valence-electron chi connectivity index (χ1n) is 14.0. The van der Waals surface area contributed by atoms with Gasteiger partial charge in [0.1, 0.15) is 0 Å². The zero-order valence-electron chi connectivity index (χ0n) is 25.3. The van der Waals surface area contributed by atoms with Crippen LogP contribution in [0.2, 0.25) is 0 Å². The molecule has 0 aliphatic rings. The van der Waals surface area contributed by atoms with Crippen molar-refractivity contribution in [2.24, 2.45) is 0 Å². The maximum Gasteiger partial charge on any atom is 3.00 e. The molecular formula is C38H38IrN2+3. The molecule has 6 rings (SSSR count). The molecule has 0 unspecified atom stereocenters. The van der Waals surface area contributed by atoms with Crippen molar-refractivity contribution in [3.05, 3.63) is 129 Å². The maximum absolute atomic E-state index is 4.91. The van der Waals surface area contributed by atoms with Crippen LogP contribution in [0.25, 0.3) is 44.3 Å². The van der Waals surface area contributed by atoms with Gasteiger partial charge in [0.15, 0.2) is 0 Å². The molecule has 0 fully saturated rings. The van der Waals surface area contributed by atoms with Crippen LogP contribution in [0.5, 0.6) is 0 Å². The van der Waals surface area contributed by atoms with Gasteiger partial charge in [-0.05, 0) is 112 Å². The summed E-state index contributed by atoms with van der Waals surface area (Å²) in [6, 6.07) is 29.6. The number of pyridine rings is 2. The van der Waals surface area contributed by atoms with E-state index in [-0.39, 0.29) is 20.1 Å². The number of benzene rings is 4. The van der Waals surface area contributed by atoms with Crippen LogP contribution in [0, 0.1) is 55.4 Å². The molecule has 4 aromatic carbocycles. The second-order valence-electron chi connectivity index (χ2n) is 11.0. The Bertz CT molecular complexity index is 1750. The van der Waals surface area contributed by atoms with Crippen molar-refractivity contribution in [1.29, 1.82) is 0 Å². The second kappa shape index (κ2) is 12.5. The molecule has 0 radical (unpaired) electrons. The van der Waals surface area contributed by atoms with Crippen molar-refractivity contribution in [3.8, 4) is 22.5 Å². The summed E-state index contributed by atoms with van der Waals surface area (Å²) in [6.07, 6.45) is 0. The minimum Gasteiger partial charge on any atom is -0.247 e. The molecule has 41 heavy (non-hydrogen) atoms. The van der Waals surface area contributed by atoms with E-state index in [0.29, 0.717) is 0 Å². The zero-order chi connectivity index (χ0) is 28.6. The molecule has 6 aromatic rings. The Kier molecular flexibility index (Phi) is 9.22. The first kappa shape index (κ1) is 30.3. The summed E-state index contributed by atoms with van der Waals surface area (Å²) >= 11 is 0. The van der Waals surface area contributed by atoms with Crippen LogP contribution in [0.3, 0.4) is 0 Å².